The van der Waals surface area contributed by atoms with Gasteiger partial charge in [-0.05, 0) is 0 Å². The third kappa shape index (κ3) is 2.09. The number of thiol groups is 3. The predicted octanol–water partition coefficient (Wildman–Crippen LogP) is 3.70. The van der Waals surface area contributed by atoms with Gasteiger partial charge >= 0.3 is 0 Å². The van der Waals surface area contributed by atoms with Crippen LogP contribution in [-0.4, -0.2) is 10.2 Å². The van der Waals surface area contributed by atoms with Gasteiger partial charge in [-0.1, -0.05) is 26.1 Å². The van der Waals surface area contributed by atoms with Crippen molar-refractivity contribution in [2.45, 2.75) is 28.5 Å². The Kier molecular flexibility index (Phi) is 4.66. The fraction of sp³-hybridized carbons (Fsp3) is 0.222. The Morgan fingerprint density at radius 3 is 2.12 bits per heavy atom. The van der Waals surface area contributed by atoms with Crippen LogP contribution in [0.1, 0.15) is 13.8 Å². The number of hydrogen-bond acceptors (Lipinski definition) is 5. The first kappa shape index (κ1) is 13.8. The Morgan fingerprint density at radius 1 is 1.00 bits per heavy atom. The molecule has 1 heterocycles. The van der Waals surface area contributed by atoms with Crippen LogP contribution in [-0.2, 0) is 0 Å². The SMILES string of the molecule is CC.Nc1c(S)c(S)c2[nH][nH]c(=S)c2c1S. The molecule has 0 saturated carbocycles. The number of benzene rings is 1. The van der Waals surface area contributed by atoms with Gasteiger partial charge in [-0.3, -0.25) is 10.2 Å². The second-order valence-corrected chi connectivity index (χ2v) is 4.54. The van der Waals surface area contributed by atoms with Crippen molar-refractivity contribution in [3.8, 4) is 0 Å². The molecule has 0 spiro atoms. The second-order valence-electron chi connectivity index (χ2n) is 2.79. The highest BCUT2D eigenvalue weighted by atomic mass is 32.1. The highest BCUT2D eigenvalue weighted by Gasteiger charge is 2.13. The van der Waals surface area contributed by atoms with Crippen LogP contribution < -0.4 is 5.73 Å². The van der Waals surface area contributed by atoms with Gasteiger partial charge in [-0.25, -0.2) is 0 Å². The lowest BCUT2D eigenvalue weighted by molar-refractivity contribution is 1.09. The van der Waals surface area contributed by atoms with Gasteiger partial charge in [0.1, 0.15) is 4.64 Å². The minimum absolute atomic E-state index is 0.494. The number of rotatable bonds is 0. The van der Waals surface area contributed by atoms with Crippen molar-refractivity contribution in [2.75, 3.05) is 5.73 Å². The van der Waals surface area contributed by atoms with Crippen LogP contribution >= 0.6 is 50.1 Å². The molecule has 3 nitrogen and oxygen atoms in total. The van der Waals surface area contributed by atoms with Crippen LogP contribution in [0.4, 0.5) is 5.69 Å². The number of H-pyrrole nitrogens is 2. The lowest BCUT2D eigenvalue weighted by Gasteiger charge is -2.07. The molecule has 0 radical (unpaired) electrons. The maximum absolute atomic E-state index is 5.80. The molecule has 0 aliphatic heterocycles. The van der Waals surface area contributed by atoms with Crippen LogP contribution in [0.25, 0.3) is 10.9 Å². The summed E-state index contributed by atoms with van der Waals surface area (Å²) in [5.41, 5.74) is 7.08. The highest BCUT2D eigenvalue weighted by molar-refractivity contribution is 7.84. The average molecular weight is 291 g/mol. The summed E-state index contributed by atoms with van der Waals surface area (Å²) in [6.07, 6.45) is 0. The largest absolute Gasteiger partial charge is 0.397 e. The number of nitrogens with one attached hydrogen (secondary N) is 2. The fourth-order valence-corrected chi connectivity index (χ4v) is 2.52. The van der Waals surface area contributed by atoms with Crippen LogP contribution in [0.2, 0.25) is 0 Å². The van der Waals surface area contributed by atoms with Crippen molar-refractivity contribution in [1.82, 2.24) is 10.2 Å². The van der Waals surface area contributed by atoms with E-state index < -0.39 is 0 Å². The smallest absolute Gasteiger partial charge is 0.128 e. The van der Waals surface area contributed by atoms with E-state index in [2.05, 4.69) is 48.1 Å². The van der Waals surface area contributed by atoms with Gasteiger partial charge in [0.05, 0.1) is 16.6 Å². The molecule has 0 aliphatic carbocycles. The molecule has 2 rings (SSSR count). The molecule has 1 aromatic heterocycles. The minimum Gasteiger partial charge on any atom is -0.397 e. The van der Waals surface area contributed by atoms with Crippen molar-refractivity contribution in [1.29, 1.82) is 0 Å². The van der Waals surface area contributed by atoms with Gasteiger partial charge in [-0.15, -0.1) is 37.9 Å². The molecule has 0 aliphatic rings. The zero-order valence-corrected chi connectivity index (χ0v) is 12.3. The molecule has 7 heteroatoms. The average Bonchev–Trinajstić information content (AvgIpc) is 2.68. The molecule has 0 amide bonds. The number of hydrogen-bond donors (Lipinski definition) is 6. The summed E-state index contributed by atoms with van der Waals surface area (Å²) in [6.45, 7) is 4.00. The van der Waals surface area contributed by atoms with Crippen LogP contribution in [0.15, 0.2) is 14.7 Å². The maximum Gasteiger partial charge on any atom is 0.128 e. The normalized spacial score (nSPS) is 10.1. The molecule has 88 valence electrons. The zero-order chi connectivity index (χ0) is 12.5. The second kappa shape index (κ2) is 5.39. The summed E-state index contributed by atoms with van der Waals surface area (Å²) in [6, 6.07) is 0. The molecular weight excluding hydrogens is 278 g/mol. The van der Waals surface area contributed by atoms with E-state index in [1.165, 1.54) is 0 Å². The maximum atomic E-state index is 5.80. The highest BCUT2D eigenvalue weighted by Crippen LogP contribution is 2.38. The quantitative estimate of drug-likeness (QED) is 0.255. The third-order valence-electron chi connectivity index (χ3n) is 1.99. The molecule has 4 N–H and O–H groups in total. The molecule has 0 bridgehead atoms. The topological polar surface area (TPSA) is 57.6 Å². The summed E-state index contributed by atoms with van der Waals surface area (Å²) in [5, 5.41) is 6.50. The molecule has 16 heavy (non-hydrogen) atoms. The van der Waals surface area contributed by atoms with Gasteiger partial charge < -0.3 is 5.73 Å². The Morgan fingerprint density at radius 2 is 1.56 bits per heavy atom. The van der Waals surface area contributed by atoms with E-state index in [0.717, 1.165) is 10.9 Å². The molecule has 2 aromatic rings. The molecule has 0 unspecified atom stereocenters. The van der Waals surface area contributed by atoms with Crippen LogP contribution in [0, 0.1) is 4.64 Å². The van der Waals surface area contributed by atoms with E-state index in [9.17, 15) is 0 Å². The predicted molar refractivity (Wildman–Crippen MR) is 81.0 cm³/mol. The van der Waals surface area contributed by atoms with Gasteiger partial charge in [0.2, 0.25) is 0 Å². The Balaban J connectivity index is 0.000000606. The summed E-state index contributed by atoms with van der Waals surface area (Å²) < 4.78 is 0.570. The van der Waals surface area contributed by atoms with Gasteiger partial charge in [0.15, 0.2) is 0 Å². The summed E-state index contributed by atoms with van der Waals surface area (Å²) in [5.74, 6) is 0. The Hall–Kier alpha value is -0.240. The first-order valence-corrected chi connectivity index (χ1v) is 6.41. The Labute approximate surface area is 115 Å². The number of anilines is 1. The fourth-order valence-electron chi connectivity index (χ4n) is 1.25. The van der Waals surface area contributed by atoms with Gasteiger partial charge in [0, 0.05) is 14.7 Å². The van der Waals surface area contributed by atoms with Crippen molar-refractivity contribution < 1.29 is 0 Å². The first-order valence-electron chi connectivity index (χ1n) is 4.66. The van der Waals surface area contributed by atoms with Gasteiger partial charge in [0.25, 0.3) is 0 Å². The van der Waals surface area contributed by atoms with E-state index in [0.29, 0.717) is 25.0 Å². The summed E-state index contributed by atoms with van der Waals surface area (Å²) in [4.78, 5) is 1.91. The number of nitrogens with two attached hydrogens (primary N) is 1. The Bertz CT molecular complexity index is 570. The van der Waals surface area contributed by atoms with Crippen LogP contribution in [0.3, 0.4) is 0 Å². The number of fused-ring (bicyclic) bond motifs is 1. The van der Waals surface area contributed by atoms with E-state index >= 15 is 0 Å². The van der Waals surface area contributed by atoms with E-state index in [4.69, 9.17) is 18.0 Å². The van der Waals surface area contributed by atoms with E-state index in [-0.39, 0.29) is 0 Å². The summed E-state index contributed by atoms with van der Waals surface area (Å²) >= 11 is 17.9. The standard InChI is InChI=1S/C7H7N3S4.C2H6/c8-2-4(11)1-3(6(13)5(2)12)9-10-7(1)14;1-2/h11-13H,8H2,(H2,9,10,14);1-2H3. The lowest BCUT2D eigenvalue weighted by Crippen LogP contribution is -1.91. The van der Waals surface area contributed by atoms with E-state index in [1.54, 1.807) is 0 Å². The molecular formula is C9H13N3S4. The molecule has 0 saturated heterocycles. The number of nitrogen functional groups attached to an aromatic ring is 1. The lowest BCUT2D eigenvalue weighted by atomic mass is 10.2. The van der Waals surface area contributed by atoms with Crippen molar-refractivity contribution in [3.05, 3.63) is 4.64 Å². The monoisotopic (exact) mass is 291 g/mol. The third-order valence-corrected chi connectivity index (χ3v) is 3.85. The number of aromatic nitrogens is 2. The molecule has 0 fully saturated rings. The van der Waals surface area contributed by atoms with Crippen molar-refractivity contribution >= 4 is 66.7 Å². The number of aromatic amines is 2. The first-order chi connectivity index (χ1) is 7.54. The van der Waals surface area contributed by atoms with Crippen molar-refractivity contribution in [2.24, 2.45) is 0 Å². The molecule has 1 aromatic carbocycles. The van der Waals surface area contributed by atoms with Crippen LogP contribution in [0.5, 0.6) is 0 Å². The minimum atomic E-state index is 0.494. The zero-order valence-electron chi connectivity index (χ0n) is 8.83. The van der Waals surface area contributed by atoms with E-state index in [1.807, 2.05) is 13.8 Å². The summed E-state index contributed by atoms with van der Waals surface area (Å²) in [7, 11) is 0. The molecule has 0 atom stereocenters. The van der Waals surface area contributed by atoms with Crippen molar-refractivity contribution in [3.63, 3.8) is 0 Å². The van der Waals surface area contributed by atoms with Gasteiger partial charge in [-0.2, -0.15) is 0 Å².